The average molecular weight is 242 g/mol. The molecule has 0 aliphatic heterocycles. The highest BCUT2D eigenvalue weighted by molar-refractivity contribution is 7.99. The Balaban J connectivity index is 2.24. The normalized spacial score (nSPS) is 10.5. The van der Waals surface area contributed by atoms with Crippen molar-refractivity contribution in [3.63, 3.8) is 0 Å². The lowest BCUT2D eigenvalue weighted by Crippen LogP contribution is -1.94. The number of nitrogens with zero attached hydrogens (tertiary/aromatic N) is 3. The summed E-state index contributed by atoms with van der Waals surface area (Å²) < 4.78 is 5.10. The van der Waals surface area contributed by atoms with Gasteiger partial charge >= 0.3 is 0 Å². The zero-order valence-corrected chi connectivity index (χ0v) is 9.55. The maximum Gasteiger partial charge on any atom is 0.261 e. The number of aromatic nitrogens is 3. The van der Waals surface area contributed by atoms with Crippen LogP contribution in [0.1, 0.15) is 12.7 Å². The van der Waals surface area contributed by atoms with Gasteiger partial charge in [0.15, 0.2) is 0 Å². The number of aryl methyl sites for hydroxylation is 1. The van der Waals surface area contributed by atoms with E-state index in [1.54, 1.807) is 12.3 Å². The van der Waals surface area contributed by atoms with Crippen LogP contribution >= 0.6 is 23.4 Å². The third-order valence-electron chi connectivity index (χ3n) is 1.64. The van der Waals surface area contributed by atoms with Crippen molar-refractivity contribution in [1.29, 1.82) is 0 Å². The molecule has 2 heterocycles. The molecule has 0 aliphatic carbocycles. The lowest BCUT2D eigenvalue weighted by molar-refractivity contribution is 0.454. The van der Waals surface area contributed by atoms with Crippen molar-refractivity contribution in [3.8, 4) is 0 Å². The van der Waals surface area contributed by atoms with Crippen molar-refractivity contribution in [2.45, 2.75) is 23.6 Å². The highest BCUT2D eigenvalue weighted by Crippen LogP contribution is 2.25. The third-order valence-corrected chi connectivity index (χ3v) is 2.62. The molecule has 0 radical (unpaired) electrons. The molecule has 0 saturated carbocycles. The monoisotopic (exact) mass is 241 g/mol. The molecular weight excluding hydrogens is 234 g/mol. The van der Waals surface area contributed by atoms with Crippen molar-refractivity contribution in [2.75, 3.05) is 0 Å². The average Bonchev–Trinajstić information content (AvgIpc) is 2.69. The second-order valence-electron chi connectivity index (χ2n) is 2.70. The van der Waals surface area contributed by atoms with Crippen LogP contribution in [0.15, 0.2) is 33.2 Å². The third kappa shape index (κ3) is 2.70. The summed E-state index contributed by atoms with van der Waals surface area (Å²) in [6.07, 6.45) is 3.86. The SMILES string of the molecule is CCc1nc(Cl)cc(Sc2ncco2)n1. The van der Waals surface area contributed by atoms with Gasteiger partial charge in [0.2, 0.25) is 0 Å². The van der Waals surface area contributed by atoms with Crippen molar-refractivity contribution >= 4 is 23.4 Å². The highest BCUT2D eigenvalue weighted by Gasteiger charge is 2.06. The zero-order chi connectivity index (χ0) is 10.7. The minimum absolute atomic E-state index is 0.441. The van der Waals surface area contributed by atoms with E-state index < -0.39 is 0 Å². The van der Waals surface area contributed by atoms with E-state index in [4.69, 9.17) is 16.0 Å². The molecule has 0 spiro atoms. The molecule has 0 saturated heterocycles. The topological polar surface area (TPSA) is 51.8 Å². The first kappa shape index (κ1) is 10.4. The molecule has 0 unspecified atom stereocenters. The second kappa shape index (κ2) is 4.63. The molecule has 0 atom stereocenters. The van der Waals surface area contributed by atoms with Gasteiger partial charge in [-0.2, -0.15) is 0 Å². The number of hydrogen-bond donors (Lipinski definition) is 0. The number of halogens is 1. The Morgan fingerprint density at radius 2 is 2.33 bits per heavy atom. The second-order valence-corrected chi connectivity index (χ2v) is 4.06. The van der Waals surface area contributed by atoms with E-state index in [2.05, 4.69) is 15.0 Å². The molecule has 2 aromatic rings. The van der Waals surface area contributed by atoms with Gasteiger partial charge in [-0.15, -0.1) is 0 Å². The molecule has 4 nitrogen and oxygen atoms in total. The fourth-order valence-corrected chi connectivity index (χ4v) is 1.99. The molecule has 78 valence electrons. The minimum Gasteiger partial charge on any atom is -0.440 e. The van der Waals surface area contributed by atoms with Crippen molar-refractivity contribution < 1.29 is 4.42 Å². The van der Waals surface area contributed by atoms with Crippen LogP contribution in [0.3, 0.4) is 0 Å². The van der Waals surface area contributed by atoms with Gasteiger partial charge < -0.3 is 4.42 Å². The van der Waals surface area contributed by atoms with Crippen LogP contribution in [0.5, 0.6) is 0 Å². The molecule has 2 aromatic heterocycles. The minimum atomic E-state index is 0.441. The standard InChI is InChI=1S/C9H8ClN3OS/c1-2-7-12-6(10)5-8(13-7)15-9-11-3-4-14-9/h3-5H,2H2,1H3. The maximum absolute atomic E-state index is 5.85. The van der Waals surface area contributed by atoms with Gasteiger partial charge in [-0.05, 0) is 11.8 Å². The molecule has 0 bridgehead atoms. The summed E-state index contributed by atoms with van der Waals surface area (Å²) in [6.45, 7) is 1.98. The van der Waals surface area contributed by atoms with E-state index in [9.17, 15) is 0 Å². The largest absolute Gasteiger partial charge is 0.440 e. The summed E-state index contributed by atoms with van der Waals surface area (Å²) in [5.41, 5.74) is 0. The predicted octanol–water partition coefficient (Wildman–Crippen LogP) is 2.83. The van der Waals surface area contributed by atoms with Crippen molar-refractivity contribution in [3.05, 3.63) is 29.5 Å². The number of hydrogen-bond acceptors (Lipinski definition) is 5. The van der Waals surface area contributed by atoms with Crippen LogP contribution < -0.4 is 0 Å². The predicted molar refractivity (Wildman–Crippen MR) is 57.0 cm³/mol. The van der Waals surface area contributed by atoms with Crippen LogP contribution in [0.25, 0.3) is 0 Å². The Hall–Kier alpha value is -1.07. The van der Waals surface area contributed by atoms with Gasteiger partial charge in [0.05, 0.1) is 6.20 Å². The number of rotatable bonds is 3. The summed E-state index contributed by atoms with van der Waals surface area (Å²) in [5.74, 6) is 0.719. The molecule has 0 aliphatic rings. The van der Waals surface area contributed by atoms with Crippen LogP contribution in [-0.2, 0) is 6.42 Å². The van der Waals surface area contributed by atoms with Gasteiger partial charge in [0, 0.05) is 12.5 Å². The van der Waals surface area contributed by atoms with E-state index in [0.29, 0.717) is 10.4 Å². The Morgan fingerprint density at radius 3 is 3.00 bits per heavy atom. The number of oxazole rings is 1. The van der Waals surface area contributed by atoms with Crippen LogP contribution in [0.2, 0.25) is 5.15 Å². The molecule has 15 heavy (non-hydrogen) atoms. The molecule has 0 fully saturated rings. The van der Waals surface area contributed by atoms with Gasteiger partial charge in [-0.25, -0.2) is 15.0 Å². The zero-order valence-electron chi connectivity index (χ0n) is 7.98. The lowest BCUT2D eigenvalue weighted by Gasteiger charge is -2.00. The lowest BCUT2D eigenvalue weighted by atomic mass is 10.4. The summed E-state index contributed by atoms with van der Waals surface area (Å²) in [5, 5.41) is 1.73. The molecular formula is C9H8ClN3OS. The van der Waals surface area contributed by atoms with E-state index in [0.717, 1.165) is 17.3 Å². The van der Waals surface area contributed by atoms with Crippen LogP contribution in [-0.4, -0.2) is 15.0 Å². The van der Waals surface area contributed by atoms with Crippen LogP contribution in [0, 0.1) is 0 Å². The van der Waals surface area contributed by atoms with E-state index in [1.165, 1.54) is 18.0 Å². The Bertz CT molecular complexity index is 447. The summed E-state index contributed by atoms with van der Waals surface area (Å²) in [7, 11) is 0. The molecule has 0 amide bonds. The van der Waals surface area contributed by atoms with E-state index >= 15 is 0 Å². The molecule has 0 aromatic carbocycles. The molecule has 2 rings (SSSR count). The fourth-order valence-electron chi connectivity index (χ4n) is 1.00. The first-order chi connectivity index (χ1) is 7.28. The van der Waals surface area contributed by atoms with E-state index in [-0.39, 0.29) is 0 Å². The van der Waals surface area contributed by atoms with Crippen molar-refractivity contribution in [2.24, 2.45) is 0 Å². The first-order valence-electron chi connectivity index (χ1n) is 4.38. The van der Waals surface area contributed by atoms with Gasteiger partial charge in [0.1, 0.15) is 22.3 Å². The molecule has 6 heteroatoms. The Morgan fingerprint density at radius 1 is 1.47 bits per heavy atom. The highest BCUT2D eigenvalue weighted by atomic mass is 35.5. The fraction of sp³-hybridized carbons (Fsp3) is 0.222. The van der Waals surface area contributed by atoms with E-state index in [1.807, 2.05) is 6.92 Å². The Labute approximate surface area is 96.1 Å². The summed E-state index contributed by atoms with van der Waals surface area (Å²) in [6, 6.07) is 1.69. The van der Waals surface area contributed by atoms with Crippen LogP contribution in [0.4, 0.5) is 0 Å². The maximum atomic E-state index is 5.85. The smallest absolute Gasteiger partial charge is 0.261 e. The Kier molecular flexibility index (Phi) is 3.23. The van der Waals surface area contributed by atoms with Gasteiger partial charge in [-0.1, -0.05) is 18.5 Å². The summed E-state index contributed by atoms with van der Waals surface area (Å²) in [4.78, 5) is 12.4. The first-order valence-corrected chi connectivity index (χ1v) is 5.58. The van der Waals surface area contributed by atoms with Gasteiger partial charge in [0.25, 0.3) is 5.22 Å². The summed E-state index contributed by atoms with van der Waals surface area (Å²) >= 11 is 7.18. The quantitative estimate of drug-likeness (QED) is 0.774. The molecule has 0 N–H and O–H groups in total. The van der Waals surface area contributed by atoms with Crippen molar-refractivity contribution in [1.82, 2.24) is 15.0 Å². The van der Waals surface area contributed by atoms with Gasteiger partial charge in [-0.3, -0.25) is 0 Å².